The Hall–Kier alpha value is -1.87. The summed E-state index contributed by atoms with van der Waals surface area (Å²) in [5.74, 6) is 1.93. The molecule has 0 aliphatic carbocycles. The number of nitrogens with zero attached hydrogens (tertiary/aromatic N) is 1. The molecular weight excluding hydrogens is 495 g/mol. The number of hydrogen-bond donors (Lipinski definition) is 3. The fourth-order valence-corrected chi connectivity index (χ4v) is 4.34. The van der Waals surface area contributed by atoms with Gasteiger partial charge in [-0.3, -0.25) is 9.20 Å². The summed E-state index contributed by atoms with van der Waals surface area (Å²) in [6, 6.07) is 18.3. The summed E-state index contributed by atoms with van der Waals surface area (Å²) in [6.45, 7) is 3.53. The second-order valence-corrected chi connectivity index (χ2v) is 8.30. The van der Waals surface area contributed by atoms with Gasteiger partial charge in [-0.25, -0.2) is 0 Å². The number of H-pyrrole nitrogens is 1. The monoisotopic (exact) mass is 524 g/mol. The Morgan fingerprint density at radius 1 is 1.03 bits per heavy atom. The van der Waals surface area contributed by atoms with Crippen LogP contribution in [0.4, 0.5) is 0 Å². The molecule has 0 radical (unpaired) electrons. The number of para-hydroxylation sites is 1. The Kier molecular flexibility index (Phi) is 9.66. The van der Waals surface area contributed by atoms with Gasteiger partial charge in [0.05, 0.1) is 0 Å². The molecule has 0 amide bonds. The SMILES string of the molecule is CN=C(NCCc1c(C)[nH]c2ccccc12)NCCS(=O)Cc1ccccc1.I. The van der Waals surface area contributed by atoms with Crippen molar-refractivity contribution in [2.75, 3.05) is 25.9 Å². The van der Waals surface area contributed by atoms with Crippen LogP contribution < -0.4 is 10.6 Å². The van der Waals surface area contributed by atoms with Gasteiger partial charge < -0.3 is 15.6 Å². The number of nitrogens with one attached hydrogen (secondary N) is 3. The van der Waals surface area contributed by atoms with E-state index < -0.39 is 10.8 Å². The number of fused-ring (bicyclic) bond motifs is 1. The first-order chi connectivity index (χ1) is 13.7. The van der Waals surface area contributed by atoms with E-state index in [1.165, 1.54) is 22.2 Å². The van der Waals surface area contributed by atoms with Crippen molar-refractivity contribution in [3.63, 3.8) is 0 Å². The average molecular weight is 524 g/mol. The Morgan fingerprint density at radius 3 is 2.48 bits per heavy atom. The van der Waals surface area contributed by atoms with Crippen molar-refractivity contribution in [3.05, 3.63) is 71.4 Å². The molecule has 156 valence electrons. The lowest BCUT2D eigenvalue weighted by Crippen LogP contribution is -2.40. The highest BCUT2D eigenvalue weighted by atomic mass is 127. The predicted octanol–water partition coefficient (Wildman–Crippen LogP) is 3.75. The van der Waals surface area contributed by atoms with Gasteiger partial charge in [0.15, 0.2) is 5.96 Å². The van der Waals surface area contributed by atoms with E-state index in [0.717, 1.165) is 24.5 Å². The number of rotatable bonds is 8. The minimum absolute atomic E-state index is 0. The number of aromatic amines is 1. The Labute approximate surface area is 192 Å². The third-order valence-corrected chi connectivity index (χ3v) is 6.03. The third kappa shape index (κ3) is 6.85. The van der Waals surface area contributed by atoms with E-state index in [2.05, 4.69) is 45.7 Å². The summed E-state index contributed by atoms with van der Waals surface area (Å²) in [6.07, 6.45) is 0.913. The van der Waals surface area contributed by atoms with Crippen molar-refractivity contribution >= 4 is 51.6 Å². The van der Waals surface area contributed by atoms with E-state index in [9.17, 15) is 4.21 Å². The Morgan fingerprint density at radius 2 is 1.72 bits per heavy atom. The summed E-state index contributed by atoms with van der Waals surface area (Å²) in [7, 11) is 0.869. The topological polar surface area (TPSA) is 69.3 Å². The summed E-state index contributed by atoms with van der Waals surface area (Å²) in [5.41, 5.74) is 4.83. The molecule has 7 heteroatoms. The summed E-state index contributed by atoms with van der Waals surface area (Å²) < 4.78 is 12.2. The molecule has 1 heterocycles. The summed E-state index contributed by atoms with van der Waals surface area (Å²) >= 11 is 0. The van der Waals surface area contributed by atoms with Crippen molar-refractivity contribution in [1.29, 1.82) is 0 Å². The van der Waals surface area contributed by atoms with E-state index in [1.54, 1.807) is 7.05 Å². The molecule has 3 N–H and O–H groups in total. The van der Waals surface area contributed by atoms with Gasteiger partial charge in [0.1, 0.15) is 0 Å². The first kappa shape index (κ1) is 23.4. The van der Waals surface area contributed by atoms with Crippen molar-refractivity contribution in [3.8, 4) is 0 Å². The fourth-order valence-electron chi connectivity index (χ4n) is 3.30. The van der Waals surface area contributed by atoms with Crippen LogP contribution >= 0.6 is 24.0 Å². The van der Waals surface area contributed by atoms with Gasteiger partial charge >= 0.3 is 0 Å². The van der Waals surface area contributed by atoms with Gasteiger partial charge in [-0.1, -0.05) is 48.5 Å². The highest BCUT2D eigenvalue weighted by molar-refractivity contribution is 14.0. The van der Waals surface area contributed by atoms with Crippen LogP contribution in [0, 0.1) is 6.92 Å². The smallest absolute Gasteiger partial charge is 0.191 e. The van der Waals surface area contributed by atoms with Crippen LogP contribution in [-0.4, -0.2) is 41.0 Å². The largest absolute Gasteiger partial charge is 0.358 e. The molecule has 3 rings (SSSR count). The number of aryl methyl sites for hydroxylation is 1. The lowest BCUT2D eigenvalue weighted by molar-refractivity contribution is 0.680. The first-order valence-electron chi connectivity index (χ1n) is 9.57. The molecule has 2 aromatic carbocycles. The van der Waals surface area contributed by atoms with Gasteiger partial charge in [-0.05, 0) is 30.5 Å². The molecule has 0 bridgehead atoms. The number of aromatic nitrogens is 1. The first-order valence-corrected chi connectivity index (χ1v) is 11.1. The van der Waals surface area contributed by atoms with E-state index in [1.807, 2.05) is 36.4 Å². The molecule has 0 fully saturated rings. The maximum atomic E-state index is 12.2. The zero-order chi connectivity index (χ0) is 19.8. The highest BCUT2D eigenvalue weighted by Gasteiger charge is 2.08. The maximum Gasteiger partial charge on any atom is 0.191 e. The molecule has 0 saturated heterocycles. The van der Waals surface area contributed by atoms with Crippen molar-refractivity contribution in [1.82, 2.24) is 15.6 Å². The molecule has 29 heavy (non-hydrogen) atoms. The van der Waals surface area contributed by atoms with Crippen LogP contribution in [-0.2, 0) is 23.0 Å². The molecule has 1 aromatic heterocycles. The molecule has 0 aliphatic rings. The van der Waals surface area contributed by atoms with Crippen LogP contribution in [0.15, 0.2) is 59.6 Å². The van der Waals surface area contributed by atoms with Crippen LogP contribution in [0.5, 0.6) is 0 Å². The van der Waals surface area contributed by atoms with Crippen LogP contribution in [0.1, 0.15) is 16.8 Å². The van der Waals surface area contributed by atoms with Crippen molar-refractivity contribution in [2.24, 2.45) is 4.99 Å². The number of hydrogen-bond acceptors (Lipinski definition) is 2. The van der Waals surface area contributed by atoms with Crippen LogP contribution in [0.3, 0.4) is 0 Å². The summed E-state index contributed by atoms with van der Waals surface area (Å²) in [5, 5.41) is 7.88. The molecule has 3 aromatic rings. The van der Waals surface area contributed by atoms with E-state index >= 15 is 0 Å². The second kappa shape index (κ2) is 12.0. The normalized spacial score (nSPS) is 12.4. The Balaban J connectivity index is 0.00000300. The van der Waals surface area contributed by atoms with E-state index in [-0.39, 0.29) is 24.0 Å². The number of benzene rings is 2. The number of aliphatic imine (C=N–C) groups is 1. The summed E-state index contributed by atoms with van der Waals surface area (Å²) in [4.78, 5) is 7.70. The molecule has 1 atom stereocenters. The van der Waals surface area contributed by atoms with E-state index in [4.69, 9.17) is 0 Å². The molecule has 5 nitrogen and oxygen atoms in total. The van der Waals surface area contributed by atoms with Crippen molar-refractivity contribution < 1.29 is 4.21 Å². The zero-order valence-electron chi connectivity index (χ0n) is 16.9. The van der Waals surface area contributed by atoms with Crippen molar-refractivity contribution in [2.45, 2.75) is 19.1 Å². The lowest BCUT2D eigenvalue weighted by Gasteiger charge is -2.12. The van der Waals surface area contributed by atoms with Gasteiger partial charge in [0.25, 0.3) is 0 Å². The fraction of sp³-hybridized carbons (Fsp3) is 0.318. The van der Waals surface area contributed by atoms with Crippen LogP contribution in [0.2, 0.25) is 0 Å². The van der Waals surface area contributed by atoms with Crippen LogP contribution in [0.25, 0.3) is 10.9 Å². The zero-order valence-corrected chi connectivity index (χ0v) is 20.1. The van der Waals surface area contributed by atoms with E-state index in [0.29, 0.717) is 18.1 Å². The molecule has 0 saturated carbocycles. The lowest BCUT2D eigenvalue weighted by atomic mass is 10.1. The molecule has 1 unspecified atom stereocenters. The quantitative estimate of drug-likeness (QED) is 0.239. The average Bonchev–Trinajstić information content (AvgIpc) is 3.03. The number of guanidine groups is 1. The van der Waals surface area contributed by atoms with Gasteiger partial charge in [-0.2, -0.15) is 0 Å². The predicted molar refractivity (Wildman–Crippen MR) is 135 cm³/mol. The van der Waals surface area contributed by atoms with Gasteiger partial charge in [0.2, 0.25) is 0 Å². The standard InChI is InChI=1S/C22H28N4OS.HI/c1-17-19(20-10-6-7-11-21(20)26-17)12-13-24-22(23-2)25-14-15-28(27)16-18-8-4-3-5-9-18;/h3-11,26H,12-16H2,1-2H3,(H2,23,24,25);1H. The number of halogens is 1. The third-order valence-electron chi connectivity index (χ3n) is 4.71. The molecule has 0 spiro atoms. The van der Waals surface area contributed by atoms with Gasteiger partial charge in [-0.15, -0.1) is 24.0 Å². The maximum absolute atomic E-state index is 12.2. The molecular formula is C22H29IN4OS. The Bertz CT molecular complexity index is 956. The minimum atomic E-state index is -0.888. The second-order valence-electron chi connectivity index (χ2n) is 6.72. The highest BCUT2D eigenvalue weighted by Crippen LogP contribution is 2.21. The van der Waals surface area contributed by atoms with Gasteiger partial charge in [0, 0.05) is 59.0 Å². The minimum Gasteiger partial charge on any atom is -0.358 e. The molecule has 0 aliphatic heterocycles.